The zero-order valence-electron chi connectivity index (χ0n) is 17.0. The quantitative estimate of drug-likeness (QED) is 0.600. The van der Waals surface area contributed by atoms with Gasteiger partial charge in [-0.05, 0) is 31.0 Å². The van der Waals surface area contributed by atoms with E-state index >= 15 is 0 Å². The molecule has 6 nitrogen and oxygen atoms in total. The van der Waals surface area contributed by atoms with Crippen molar-refractivity contribution in [1.29, 1.82) is 0 Å². The van der Waals surface area contributed by atoms with Crippen molar-refractivity contribution in [1.82, 2.24) is 15.3 Å². The minimum absolute atomic E-state index is 0.240. The van der Waals surface area contributed by atoms with Gasteiger partial charge in [-0.15, -0.1) is 0 Å². The number of aromatic nitrogens is 2. The number of carbonyl (C=O) groups is 1. The van der Waals surface area contributed by atoms with Crippen molar-refractivity contribution in [2.45, 2.75) is 32.9 Å². The summed E-state index contributed by atoms with van der Waals surface area (Å²) in [4.78, 5) is 21.9. The first-order valence-electron chi connectivity index (χ1n) is 9.71. The molecule has 0 radical (unpaired) electrons. The Kier molecular flexibility index (Phi) is 6.79. The summed E-state index contributed by atoms with van der Waals surface area (Å²) in [6, 6.07) is 19.2. The van der Waals surface area contributed by atoms with Crippen LogP contribution in [0.4, 0.5) is 5.82 Å². The number of hydrogen-bond acceptors (Lipinski definition) is 5. The van der Waals surface area contributed by atoms with Crippen LogP contribution in [0.3, 0.4) is 0 Å². The van der Waals surface area contributed by atoms with Gasteiger partial charge >= 0.3 is 0 Å². The van der Waals surface area contributed by atoms with Crippen LogP contribution in [0.25, 0.3) is 11.4 Å². The Bertz CT molecular complexity index is 943. The zero-order valence-corrected chi connectivity index (χ0v) is 17.0. The van der Waals surface area contributed by atoms with Crippen LogP contribution in [0, 0.1) is 0 Å². The molecule has 6 heteroatoms. The molecule has 0 saturated heterocycles. The smallest absolute Gasteiger partial charge is 0.270 e. The Balaban J connectivity index is 1.81. The van der Waals surface area contributed by atoms with Gasteiger partial charge in [0.05, 0.1) is 7.11 Å². The molecule has 0 aliphatic heterocycles. The number of ether oxygens (including phenoxy) is 1. The van der Waals surface area contributed by atoms with Gasteiger partial charge in [0.25, 0.3) is 5.91 Å². The van der Waals surface area contributed by atoms with Crippen LogP contribution in [0.5, 0.6) is 5.75 Å². The van der Waals surface area contributed by atoms with Crippen molar-refractivity contribution in [3.63, 3.8) is 0 Å². The second-order valence-corrected chi connectivity index (χ2v) is 6.81. The van der Waals surface area contributed by atoms with E-state index in [4.69, 9.17) is 4.74 Å². The summed E-state index contributed by atoms with van der Waals surface area (Å²) in [6.45, 7) is 4.58. The van der Waals surface area contributed by atoms with E-state index in [2.05, 4.69) is 34.4 Å². The lowest BCUT2D eigenvalue weighted by Crippen LogP contribution is -2.25. The number of amides is 1. The summed E-state index contributed by atoms with van der Waals surface area (Å²) in [5.74, 6) is 1.70. The molecule has 0 fully saturated rings. The SMILES string of the molecule is CCC(C)Nc1cc(C(=O)NCc2ccc(OC)cc2)nc(-c2ccccc2)n1. The van der Waals surface area contributed by atoms with Crippen molar-refractivity contribution in [2.75, 3.05) is 12.4 Å². The van der Waals surface area contributed by atoms with E-state index < -0.39 is 0 Å². The first-order chi connectivity index (χ1) is 14.1. The molecule has 3 aromatic rings. The summed E-state index contributed by atoms with van der Waals surface area (Å²) < 4.78 is 5.16. The zero-order chi connectivity index (χ0) is 20.6. The lowest BCUT2D eigenvalue weighted by Gasteiger charge is -2.14. The highest BCUT2D eigenvalue weighted by Gasteiger charge is 2.14. The minimum atomic E-state index is -0.243. The molecule has 0 bridgehead atoms. The third kappa shape index (κ3) is 5.54. The van der Waals surface area contributed by atoms with Crippen LogP contribution >= 0.6 is 0 Å². The fraction of sp³-hybridized carbons (Fsp3) is 0.261. The van der Waals surface area contributed by atoms with E-state index in [9.17, 15) is 4.79 Å². The highest BCUT2D eigenvalue weighted by atomic mass is 16.5. The van der Waals surface area contributed by atoms with Gasteiger partial charge in [0.2, 0.25) is 0 Å². The summed E-state index contributed by atoms with van der Waals surface area (Å²) in [6.07, 6.45) is 0.948. The van der Waals surface area contributed by atoms with Gasteiger partial charge in [0.1, 0.15) is 17.3 Å². The standard InChI is InChI=1S/C23H26N4O2/c1-4-16(2)25-21-14-20(26-22(27-21)18-8-6-5-7-9-18)23(28)24-15-17-10-12-19(29-3)13-11-17/h5-14,16H,4,15H2,1-3H3,(H,24,28)(H,25,26,27). The van der Waals surface area contributed by atoms with Crippen molar-refractivity contribution in [3.8, 4) is 17.1 Å². The number of methoxy groups -OCH3 is 1. The van der Waals surface area contributed by atoms with Crippen molar-refractivity contribution in [2.24, 2.45) is 0 Å². The first kappa shape index (κ1) is 20.3. The van der Waals surface area contributed by atoms with Crippen molar-refractivity contribution >= 4 is 11.7 Å². The molecule has 3 rings (SSSR count). The van der Waals surface area contributed by atoms with E-state index in [1.807, 2.05) is 54.6 Å². The van der Waals surface area contributed by atoms with Gasteiger partial charge in [-0.25, -0.2) is 9.97 Å². The Hall–Kier alpha value is -3.41. The fourth-order valence-electron chi connectivity index (χ4n) is 2.72. The number of rotatable bonds is 8. The van der Waals surface area contributed by atoms with Crippen LogP contribution in [0.1, 0.15) is 36.3 Å². The maximum atomic E-state index is 12.8. The van der Waals surface area contributed by atoms with E-state index in [0.717, 1.165) is 23.3 Å². The second-order valence-electron chi connectivity index (χ2n) is 6.81. The molecule has 1 unspecified atom stereocenters. The molecule has 0 spiro atoms. The molecule has 1 amide bonds. The van der Waals surface area contributed by atoms with E-state index in [1.165, 1.54) is 0 Å². The number of hydrogen-bond donors (Lipinski definition) is 2. The average molecular weight is 390 g/mol. The third-order valence-electron chi connectivity index (χ3n) is 4.61. The highest BCUT2D eigenvalue weighted by Crippen LogP contribution is 2.19. The maximum absolute atomic E-state index is 12.8. The van der Waals surface area contributed by atoms with Gasteiger partial charge in [0, 0.05) is 24.2 Å². The van der Waals surface area contributed by atoms with Crippen molar-refractivity contribution in [3.05, 3.63) is 71.9 Å². The monoisotopic (exact) mass is 390 g/mol. The number of nitrogens with one attached hydrogen (secondary N) is 2. The summed E-state index contributed by atoms with van der Waals surface area (Å²) in [7, 11) is 1.63. The van der Waals surface area contributed by atoms with Gasteiger partial charge in [-0.1, -0.05) is 49.4 Å². The molecule has 1 heterocycles. The summed E-state index contributed by atoms with van der Waals surface area (Å²) in [5, 5.41) is 6.27. The van der Waals surface area contributed by atoms with Gasteiger partial charge in [-0.2, -0.15) is 0 Å². The number of nitrogens with zero attached hydrogens (tertiary/aromatic N) is 2. The fourth-order valence-corrected chi connectivity index (χ4v) is 2.72. The molecule has 0 aliphatic carbocycles. The molecule has 2 N–H and O–H groups in total. The average Bonchev–Trinajstić information content (AvgIpc) is 2.78. The van der Waals surface area contributed by atoms with Gasteiger partial charge in [0.15, 0.2) is 5.82 Å². The largest absolute Gasteiger partial charge is 0.497 e. The predicted molar refractivity (Wildman–Crippen MR) is 115 cm³/mol. The first-order valence-corrected chi connectivity index (χ1v) is 9.71. The van der Waals surface area contributed by atoms with Crippen LogP contribution in [-0.4, -0.2) is 29.0 Å². The van der Waals surface area contributed by atoms with E-state index in [-0.39, 0.29) is 11.9 Å². The maximum Gasteiger partial charge on any atom is 0.270 e. The number of anilines is 1. The van der Waals surface area contributed by atoms with Crippen LogP contribution in [0.15, 0.2) is 60.7 Å². The Morgan fingerprint density at radius 2 is 1.79 bits per heavy atom. The molecule has 1 aromatic heterocycles. The van der Waals surface area contributed by atoms with Crippen LogP contribution in [0.2, 0.25) is 0 Å². The molecule has 1 atom stereocenters. The van der Waals surface area contributed by atoms with Crippen LogP contribution < -0.4 is 15.4 Å². The topological polar surface area (TPSA) is 76.1 Å². The van der Waals surface area contributed by atoms with Gasteiger partial charge in [-0.3, -0.25) is 4.79 Å². The lowest BCUT2D eigenvalue weighted by atomic mass is 10.2. The normalized spacial score (nSPS) is 11.6. The highest BCUT2D eigenvalue weighted by molar-refractivity contribution is 5.93. The molecular weight excluding hydrogens is 364 g/mol. The predicted octanol–water partition coefficient (Wildman–Crippen LogP) is 4.29. The minimum Gasteiger partial charge on any atom is -0.497 e. The van der Waals surface area contributed by atoms with E-state index in [0.29, 0.717) is 23.9 Å². The van der Waals surface area contributed by atoms with E-state index in [1.54, 1.807) is 13.2 Å². The van der Waals surface area contributed by atoms with Crippen molar-refractivity contribution < 1.29 is 9.53 Å². The Labute approximate surface area is 171 Å². The summed E-state index contributed by atoms with van der Waals surface area (Å²) in [5.41, 5.74) is 2.18. The molecule has 0 saturated carbocycles. The molecular formula is C23H26N4O2. The Morgan fingerprint density at radius 1 is 1.07 bits per heavy atom. The molecule has 0 aliphatic rings. The second kappa shape index (κ2) is 9.68. The lowest BCUT2D eigenvalue weighted by molar-refractivity contribution is 0.0946. The van der Waals surface area contributed by atoms with Crippen LogP contribution in [-0.2, 0) is 6.54 Å². The molecule has 29 heavy (non-hydrogen) atoms. The number of carbonyl (C=O) groups excluding carboxylic acids is 1. The Morgan fingerprint density at radius 3 is 2.45 bits per heavy atom. The number of benzene rings is 2. The molecule has 150 valence electrons. The summed E-state index contributed by atoms with van der Waals surface area (Å²) >= 11 is 0. The molecule has 2 aromatic carbocycles. The third-order valence-corrected chi connectivity index (χ3v) is 4.61. The van der Waals surface area contributed by atoms with Gasteiger partial charge < -0.3 is 15.4 Å².